The highest BCUT2D eigenvalue weighted by atomic mass is 19.1. The van der Waals surface area contributed by atoms with E-state index in [0.29, 0.717) is 18.5 Å². The molecule has 20 heavy (non-hydrogen) atoms. The van der Waals surface area contributed by atoms with E-state index in [4.69, 9.17) is 0 Å². The maximum absolute atomic E-state index is 13.9. The maximum atomic E-state index is 13.9. The standard InChI is InChI=1S/C17H27FN2/c1-13(2)9-15-11-20(17(3,4)12-19-15)10-14-7-5-6-8-16(14)18/h5-8,13,15,19H,9-12H2,1-4H3. The monoisotopic (exact) mass is 278 g/mol. The van der Waals surface area contributed by atoms with Crippen molar-refractivity contribution in [3.8, 4) is 0 Å². The zero-order valence-electron chi connectivity index (χ0n) is 13.1. The van der Waals surface area contributed by atoms with Crippen molar-refractivity contribution in [1.82, 2.24) is 10.2 Å². The Balaban J connectivity index is 2.08. The van der Waals surface area contributed by atoms with E-state index >= 15 is 0 Å². The number of nitrogens with one attached hydrogen (secondary N) is 1. The van der Waals surface area contributed by atoms with Gasteiger partial charge in [-0.2, -0.15) is 0 Å². The minimum absolute atomic E-state index is 0.0652. The van der Waals surface area contributed by atoms with Crippen molar-refractivity contribution in [2.75, 3.05) is 13.1 Å². The molecule has 0 radical (unpaired) electrons. The molecule has 1 aromatic rings. The van der Waals surface area contributed by atoms with Crippen molar-refractivity contribution in [2.24, 2.45) is 5.92 Å². The third-order valence-corrected chi connectivity index (χ3v) is 4.20. The lowest BCUT2D eigenvalue weighted by Crippen LogP contribution is -2.61. The van der Waals surface area contributed by atoms with Gasteiger partial charge in [0.25, 0.3) is 0 Å². The quantitative estimate of drug-likeness (QED) is 0.908. The van der Waals surface area contributed by atoms with Gasteiger partial charge in [-0.3, -0.25) is 4.90 Å². The Kier molecular flexibility index (Phi) is 4.82. The highest BCUT2D eigenvalue weighted by Gasteiger charge is 2.34. The number of rotatable bonds is 4. The molecule has 1 atom stereocenters. The van der Waals surface area contributed by atoms with Crippen molar-refractivity contribution < 1.29 is 4.39 Å². The van der Waals surface area contributed by atoms with Crippen molar-refractivity contribution in [1.29, 1.82) is 0 Å². The van der Waals surface area contributed by atoms with E-state index in [2.05, 4.69) is 37.9 Å². The number of nitrogens with zero attached hydrogens (tertiary/aromatic N) is 1. The van der Waals surface area contributed by atoms with E-state index in [1.165, 1.54) is 6.42 Å². The van der Waals surface area contributed by atoms with Crippen LogP contribution in [0.2, 0.25) is 0 Å². The summed E-state index contributed by atoms with van der Waals surface area (Å²) in [6.45, 7) is 11.6. The fraction of sp³-hybridized carbons (Fsp3) is 0.647. The van der Waals surface area contributed by atoms with Crippen LogP contribution in [-0.2, 0) is 6.54 Å². The molecule has 1 unspecified atom stereocenters. The summed E-state index contributed by atoms with van der Waals surface area (Å²) < 4.78 is 13.9. The summed E-state index contributed by atoms with van der Waals surface area (Å²) in [5.74, 6) is 0.589. The molecule has 1 heterocycles. The molecule has 3 heteroatoms. The fourth-order valence-corrected chi connectivity index (χ4v) is 2.92. The third kappa shape index (κ3) is 3.80. The number of halogens is 1. The van der Waals surface area contributed by atoms with Gasteiger partial charge < -0.3 is 5.32 Å². The lowest BCUT2D eigenvalue weighted by atomic mass is 9.93. The predicted molar refractivity (Wildman–Crippen MR) is 82.1 cm³/mol. The summed E-state index contributed by atoms with van der Waals surface area (Å²) in [5, 5.41) is 3.64. The SMILES string of the molecule is CC(C)CC1CN(Cc2ccccc2F)C(C)(C)CN1. The van der Waals surface area contributed by atoms with Gasteiger partial charge in [-0.25, -0.2) is 4.39 Å². The Hall–Kier alpha value is -0.930. The normalized spacial score (nSPS) is 23.2. The Morgan fingerprint density at radius 3 is 2.70 bits per heavy atom. The number of piperazine rings is 1. The second kappa shape index (κ2) is 6.23. The second-order valence-corrected chi connectivity index (χ2v) is 6.99. The van der Waals surface area contributed by atoms with Crippen LogP contribution in [0.1, 0.15) is 39.7 Å². The van der Waals surface area contributed by atoms with Gasteiger partial charge in [0, 0.05) is 36.8 Å². The number of hydrogen-bond acceptors (Lipinski definition) is 2. The van der Waals surface area contributed by atoms with Gasteiger partial charge in [0.15, 0.2) is 0 Å². The third-order valence-electron chi connectivity index (χ3n) is 4.20. The molecule has 112 valence electrons. The van der Waals surface area contributed by atoms with Crippen LogP contribution in [-0.4, -0.2) is 29.6 Å². The maximum Gasteiger partial charge on any atom is 0.127 e. The topological polar surface area (TPSA) is 15.3 Å². The fourth-order valence-electron chi connectivity index (χ4n) is 2.92. The predicted octanol–water partition coefficient (Wildman–Crippen LogP) is 3.42. The van der Waals surface area contributed by atoms with E-state index < -0.39 is 0 Å². The first-order valence-corrected chi connectivity index (χ1v) is 7.60. The molecule has 0 aliphatic carbocycles. The van der Waals surface area contributed by atoms with E-state index in [1.54, 1.807) is 12.1 Å². The first-order chi connectivity index (χ1) is 9.38. The zero-order valence-corrected chi connectivity index (χ0v) is 13.1. The molecular formula is C17H27FN2. The molecule has 2 rings (SSSR count). The summed E-state index contributed by atoms with van der Waals surface area (Å²) in [5.41, 5.74) is 0.862. The Morgan fingerprint density at radius 2 is 2.05 bits per heavy atom. The Bertz CT molecular complexity index is 442. The zero-order chi connectivity index (χ0) is 14.8. The van der Waals surface area contributed by atoms with Crippen molar-refractivity contribution in [2.45, 2.75) is 52.2 Å². The molecule has 2 nitrogen and oxygen atoms in total. The van der Waals surface area contributed by atoms with Crippen LogP contribution in [0.3, 0.4) is 0 Å². The second-order valence-electron chi connectivity index (χ2n) is 6.99. The highest BCUT2D eigenvalue weighted by molar-refractivity contribution is 5.17. The van der Waals surface area contributed by atoms with Crippen LogP contribution in [0.25, 0.3) is 0 Å². The van der Waals surface area contributed by atoms with Crippen molar-refractivity contribution in [3.05, 3.63) is 35.6 Å². The molecule has 1 fully saturated rings. The van der Waals surface area contributed by atoms with Gasteiger partial charge in [0.2, 0.25) is 0 Å². The molecule has 1 aliphatic rings. The molecule has 0 bridgehead atoms. The van der Waals surface area contributed by atoms with Crippen LogP contribution in [0.4, 0.5) is 4.39 Å². The molecule has 0 saturated carbocycles. The van der Waals surface area contributed by atoms with Crippen molar-refractivity contribution in [3.63, 3.8) is 0 Å². The van der Waals surface area contributed by atoms with Crippen LogP contribution in [0, 0.1) is 11.7 Å². The van der Waals surface area contributed by atoms with Crippen LogP contribution in [0.5, 0.6) is 0 Å². The van der Waals surface area contributed by atoms with E-state index in [1.807, 2.05) is 12.1 Å². The van der Waals surface area contributed by atoms with Crippen LogP contribution < -0.4 is 5.32 Å². The molecule has 0 aromatic heterocycles. The Labute approximate surface area is 122 Å². The van der Waals surface area contributed by atoms with Gasteiger partial charge in [-0.15, -0.1) is 0 Å². The molecule has 0 spiro atoms. The van der Waals surface area contributed by atoms with Gasteiger partial charge >= 0.3 is 0 Å². The van der Waals surface area contributed by atoms with Crippen LogP contribution in [0.15, 0.2) is 24.3 Å². The van der Waals surface area contributed by atoms with Crippen molar-refractivity contribution >= 4 is 0 Å². The first kappa shape index (κ1) is 15.5. The van der Waals surface area contributed by atoms with Gasteiger partial charge in [-0.05, 0) is 32.3 Å². The van der Waals surface area contributed by atoms with Gasteiger partial charge in [0.05, 0.1) is 0 Å². The number of hydrogen-bond donors (Lipinski definition) is 1. The minimum Gasteiger partial charge on any atom is -0.311 e. The summed E-state index contributed by atoms with van der Waals surface area (Å²) >= 11 is 0. The molecule has 1 N–H and O–H groups in total. The van der Waals surface area contributed by atoms with Crippen LogP contribution >= 0.6 is 0 Å². The molecule has 1 aromatic carbocycles. The summed E-state index contributed by atoms with van der Waals surface area (Å²) in [6, 6.07) is 7.62. The molecule has 1 saturated heterocycles. The molecular weight excluding hydrogens is 251 g/mol. The average Bonchev–Trinajstić information content (AvgIpc) is 2.36. The lowest BCUT2D eigenvalue weighted by Gasteiger charge is -2.46. The van der Waals surface area contributed by atoms with E-state index in [9.17, 15) is 4.39 Å². The summed E-state index contributed by atoms with van der Waals surface area (Å²) in [6.07, 6.45) is 1.17. The van der Waals surface area contributed by atoms with Gasteiger partial charge in [0.1, 0.15) is 5.82 Å². The first-order valence-electron chi connectivity index (χ1n) is 7.60. The van der Waals surface area contributed by atoms with E-state index in [-0.39, 0.29) is 11.4 Å². The highest BCUT2D eigenvalue weighted by Crippen LogP contribution is 2.24. The minimum atomic E-state index is -0.0951. The lowest BCUT2D eigenvalue weighted by molar-refractivity contribution is 0.0526. The van der Waals surface area contributed by atoms with Gasteiger partial charge in [-0.1, -0.05) is 32.0 Å². The molecule has 0 amide bonds. The Morgan fingerprint density at radius 1 is 1.35 bits per heavy atom. The largest absolute Gasteiger partial charge is 0.311 e. The molecule has 1 aliphatic heterocycles. The summed E-state index contributed by atoms with van der Waals surface area (Å²) in [7, 11) is 0. The average molecular weight is 278 g/mol. The van der Waals surface area contributed by atoms with E-state index in [0.717, 1.165) is 18.7 Å². The smallest absolute Gasteiger partial charge is 0.127 e. The summed E-state index contributed by atoms with van der Waals surface area (Å²) in [4.78, 5) is 2.41. The number of benzene rings is 1.